The minimum atomic E-state index is -0.678. The summed E-state index contributed by atoms with van der Waals surface area (Å²) in [5.74, 6) is 0.737. The van der Waals surface area contributed by atoms with Crippen molar-refractivity contribution in [1.82, 2.24) is 24.6 Å². The predicted octanol–water partition coefficient (Wildman–Crippen LogP) is 3.34. The number of hydrogen-bond donors (Lipinski definition) is 0. The van der Waals surface area contributed by atoms with Gasteiger partial charge in [0.1, 0.15) is 23.9 Å². The Morgan fingerprint density at radius 1 is 0.941 bits per heavy atom. The maximum absolute atomic E-state index is 13.2. The van der Waals surface area contributed by atoms with Gasteiger partial charge in [0.2, 0.25) is 5.91 Å². The second kappa shape index (κ2) is 9.56. The Hall–Kier alpha value is -3.85. The Kier molecular flexibility index (Phi) is 6.18. The molecule has 0 spiro atoms. The number of piperazine rings is 1. The minimum Gasteiger partial charge on any atom is -0.353 e. The number of aromatic nitrogens is 4. The highest BCUT2D eigenvalue weighted by Crippen LogP contribution is 2.23. The van der Waals surface area contributed by atoms with Crippen LogP contribution in [0.2, 0.25) is 0 Å². The molecule has 4 aromatic rings. The van der Waals surface area contributed by atoms with E-state index in [1.807, 2.05) is 53.9 Å². The average molecular weight is 473 g/mol. The first-order chi connectivity index (χ1) is 16.6. The first-order valence-corrected chi connectivity index (χ1v) is 12.0. The molecule has 0 unspecified atom stereocenters. The van der Waals surface area contributed by atoms with Crippen molar-refractivity contribution in [3.8, 4) is 21.8 Å². The molecule has 0 N–H and O–H groups in total. The zero-order valence-corrected chi connectivity index (χ0v) is 19.6. The summed E-state index contributed by atoms with van der Waals surface area (Å²) in [4.78, 5) is 39.4. The predicted molar refractivity (Wildman–Crippen MR) is 133 cm³/mol. The van der Waals surface area contributed by atoms with E-state index in [4.69, 9.17) is 0 Å². The van der Waals surface area contributed by atoms with Crippen LogP contribution < -0.4 is 10.5 Å². The summed E-state index contributed by atoms with van der Waals surface area (Å²) >= 11 is 1.55. The SMILES string of the molecule is C[C@@H](C(=O)N1CCN(c2cc(-c3ccccc3)ncn2)CC1)n1nc(-c2cccs2)ccc1=O. The number of hydrogen-bond acceptors (Lipinski definition) is 7. The van der Waals surface area contributed by atoms with E-state index in [9.17, 15) is 9.59 Å². The number of rotatable bonds is 5. The van der Waals surface area contributed by atoms with Crippen LogP contribution in [0, 0.1) is 0 Å². The largest absolute Gasteiger partial charge is 0.353 e. The molecule has 1 amide bonds. The maximum atomic E-state index is 13.2. The summed E-state index contributed by atoms with van der Waals surface area (Å²) in [6, 6.07) is 18.4. The lowest BCUT2D eigenvalue weighted by atomic mass is 10.1. The van der Waals surface area contributed by atoms with Gasteiger partial charge in [0.15, 0.2) is 0 Å². The van der Waals surface area contributed by atoms with Gasteiger partial charge in [0.25, 0.3) is 5.56 Å². The molecule has 3 aromatic heterocycles. The number of nitrogens with zero attached hydrogens (tertiary/aromatic N) is 6. The zero-order chi connectivity index (χ0) is 23.5. The average Bonchev–Trinajstić information content (AvgIpc) is 3.44. The third kappa shape index (κ3) is 4.47. The molecule has 0 saturated carbocycles. The number of anilines is 1. The van der Waals surface area contributed by atoms with E-state index in [-0.39, 0.29) is 11.5 Å². The topological polar surface area (TPSA) is 84.2 Å². The summed E-state index contributed by atoms with van der Waals surface area (Å²) in [6.07, 6.45) is 1.58. The van der Waals surface area contributed by atoms with Crippen molar-refractivity contribution >= 4 is 23.1 Å². The highest BCUT2D eigenvalue weighted by Gasteiger charge is 2.28. The number of thiophene rings is 1. The van der Waals surface area contributed by atoms with Crippen LogP contribution in [0.25, 0.3) is 21.8 Å². The highest BCUT2D eigenvalue weighted by molar-refractivity contribution is 7.13. The standard InChI is InChI=1S/C25H24N6O2S/c1-18(31-24(32)10-9-20(28-31)22-8-5-15-34-22)25(33)30-13-11-29(12-14-30)23-16-21(26-17-27-23)19-6-3-2-4-7-19/h2-10,15-18H,11-14H2,1H3/t18-/m0/s1. The first-order valence-electron chi connectivity index (χ1n) is 11.1. The van der Waals surface area contributed by atoms with E-state index in [1.54, 1.807) is 35.6 Å². The summed E-state index contributed by atoms with van der Waals surface area (Å²) in [5.41, 5.74) is 2.32. The fraction of sp³-hybridized carbons (Fsp3) is 0.240. The van der Waals surface area contributed by atoms with Crippen molar-refractivity contribution < 1.29 is 4.79 Å². The highest BCUT2D eigenvalue weighted by atomic mass is 32.1. The molecule has 0 radical (unpaired) electrons. The van der Waals surface area contributed by atoms with E-state index in [1.165, 1.54) is 10.7 Å². The molecule has 1 aliphatic rings. The molecular weight excluding hydrogens is 448 g/mol. The minimum absolute atomic E-state index is 0.106. The number of carbonyl (C=O) groups is 1. The van der Waals surface area contributed by atoms with E-state index in [0.717, 1.165) is 22.0 Å². The molecule has 8 nitrogen and oxygen atoms in total. The lowest BCUT2D eigenvalue weighted by molar-refractivity contribution is -0.135. The lowest BCUT2D eigenvalue weighted by Crippen LogP contribution is -2.51. The van der Waals surface area contributed by atoms with Crippen molar-refractivity contribution in [2.24, 2.45) is 0 Å². The van der Waals surface area contributed by atoms with Gasteiger partial charge in [-0.2, -0.15) is 5.10 Å². The summed E-state index contributed by atoms with van der Waals surface area (Å²) < 4.78 is 1.29. The number of amides is 1. The Morgan fingerprint density at radius 3 is 2.47 bits per heavy atom. The molecule has 172 valence electrons. The van der Waals surface area contributed by atoms with Crippen molar-refractivity contribution in [3.05, 3.63) is 82.7 Å². The van der Waals surface area contributed by atoms with E-state index in [0.29, 0.717) is 31.9 Å². The second-order valence-electron chi connectivity index (χ2n) is 8.09. The van der Waals surface area contributed by atoms with Crippen LogP contribution in [0.4, 0.5) is 5.82 Å². The van der Waals surface area contributed by atoms with Crippen LogP contribution in [0.5, 0.6) is 0 Å². The van der Waals surface area contributed by atoms with Crippen LogP contribution in [-0.2, 0) is 4.79 Å². The molecule has 0 aliphatic carbocycles. The van der Waals surface area contributed by atoms with Crippen LogP contribution >= 0.6 is 11.3 Å². The quantitative estimate of drug-likeness (QED) is 0.443. The molecule has 1 aliphatic heterocycles. The van der Waals surface area contributed by atoms with Crippen molar-refractivity contribution in [2.45, 2.75) is 13.0 Å². The molecule has 5 rings (SSSR count). The Morgan fingerprint density at radius 2 is 1.74 bits per heavy atom. The fourth-order valence-corrected chi connectivity index (χ4v) is 4.76. The first kappa shape index (κ1) is 22.0. The Bertz CT molecular complexity index is 1330. The van der Waals surface area contributed by atoms with Gasteiger partial charge in [-0.1, -0.05) is 36.4 Å². The summed E-state index contributed by atoms with van der Waals surface area (Å²) in [5, 5.41) is 6.43. The Labute approximate surface area is 201 Å². The molecule has 0 bridgehead atoms. The van der Waals surface area contributed by atoms with E-state index in [2.05, 4.69) is 20.0 Å². The van der Waals surface area contributed by atoms with Crippen LogP contribution in [0.3, 0.4) is 0 Å². The van der Waals surface area contributed by atoms with E-state index < -0.39 is 6.04 Å². The van der Waals surface area contributed by atoms with Gasteiger partial charge in [0.05, 0.1) is 10.6 Å². The molecule has 34 heavy (non-hydrogen) atoms. The molecule has 1 saturated heterocycles. The van der Waals surface area contributed by atoms with Gasteiger partial charge >= 0.3 is 0 Å². The molecule has 1 aromatic carbocycles. The third-order valence-electron chi connectivity index (χ3n) is 5.96. The summed E-state index contributed by atoms with van der Waals surface area (Å²) in [6.45, 7) is 4.14. The van der Waals surface area contributed by atoms with Crippen LogP contribution in [0.1, 0.15) is 13.0 Å². The van der Waals surface area contributed by atoms with Gasteiger partial charge in [-0.25, -0.2) is 14.6 Å². The van der Waals surface area contributed by atoms with Crippen LogP contribution in [-0.4, -0.2) is 56.7 Å². The molecule has 1 fully saturated rings. The summed E-state index contributed by atoms with van der Waals surface area (Å²) in [7, 11) is 0. The molecular formula is C25H24N6O2S. The lowest BCUT2D eigenvalue weighted by Gasteiger charge is -2.36. The molecule has 4 heterocycles. The molecule has 1 atom stereocenters. The zero-order valence-electron chi connectivity index (χ0n) is 18.7. The normalized spacial score (nSPS) is 14.7. The maximum Gasteiger partial charge on any atom is 0.267 e. The van der Waals surface area contributed by atoms with Gasteiger partial charge < -0.3 is 9.80 Å². The van der Waals surface area contributed by atoms with Gasteiger partial charge in [-0.05, 0) is 24.4 Å². The van der Waals surface area contributed by atoms with E-state index >= 15 is 0 Å². The monoisotopic (exact) mass is 472 g/mol. The van der Waals surface area contributed by atoms with Crippen molar-refractivity contribution in [1.29, 1.82) is 0 Å². The van der Waals surface area contributed by atoms with Crippen molar-refractivity contribution in [3.63, 3.8) is 0 Å². The van der Waals surface area contributed by atoms with Gasteiger partial charge in [0, 0.05) is 43.9 Å². The second-order valence-corrected chi connectivity index (χ2v) is 9.04. The third-order valence-corrected chi connectivity index (χ3v) is 6.85. The fourth-order valence-electron chi connectivity index (χ4n) is 4.07. The number of carbonyl (C=O) groups excluding carboxylic acids is 1. The van der Waals surface area contributed by atoms with Crippen LogP contribution in [0.15, 0.2) is 77.2 Å². The Balaban J connectivity index is 1.27. The van der Waals surface area contributed by atoms with Gasteiger partial charge in [-0.15, -0.1) is 11.3 Å². The van der Waals surface area contributed by atoms with Crippen molar-refractivity contribution in [2.75, 3.05) is 31.1 Å². The smallest absolute Gasteiger partial charge is 0.267 e. The number of benzene rings is 1. The molecule has 9 heteroatoms. The van der Waals surface area contributed by atoms with Gasteiger partial charge in [-0.3, -0.25) is 9.59 Å².